The molecule has 124 valence electrons. The zero-order valence-corrected chi connectivity index (χ0v) is 10.9. The fraction of sp³-hybridized carbons (Fsp3) is 0.909. The van der Waals surface area contributed by atoms with E-state index < -0.39 is 61.5 Å². The van der Waals surface area contributed by atoms with Crippen molar-refractivity contribution in [3.8, 4) is 0 Å². The summed E-state index contributed by atoms with van der Waals surface area (Å²) < 4.78 is 5.00. The van der Waals surface area contributed by atoms with E-state index in [2.05, 4.69) is 0 Å². The molecule has 1 aliphatic heterocycles. The number of hydrogen-bond donors (Lipinski definition) is 8. The molecule has 10 nitrogen and oxygen atoms in total. The molecular formula is C11H20O10. The van der Waals surface area contributed by atoms with Crippen LogP contribution in [0.15, 0.2) is 0 Å². The van der Waals surface area contributed by atoms with Crippen molar-refractivity contribution in [2.45, 2.75) is 48.3 Å². The molecule has 0 amide bonds. The Labute approximate surface area is 119 Å². The minimum absolute atomic E-state index is 0.102. The van der Waals surface area contributed by atoms with Gasteiger partial charge in [0.2, 0.25) is 0 Å². The number of carbonyl (C=O) groups excluding carboxylic acids is 1. The molecule has 8 N–H and O–H groups in total. The summed E-state index contributed by atoms with van der Waals surface area (Å²) in [5, 5.41) is 76.5. The van der Waals surface area contributed by atoms with Crippen molar-refractivity contribution in [1.82, 2.24) is 0 Å². The van der Waals surface area contributed by atoms with Gasteiger partial charge < -0.3 is 50.4 Å². The third-order valence-electron chi connectivity index (χ3n) is 3.61. The highest BCUT2D eigenvalue weighted by molar-refractivity contribution is 5.57. The summed E-state index contributed by atoms with van der Waals surface area (Å²) in [5.74, 6) is 0. The van der Waals surface area contributed by atoms with E-state index in [1.165, 1.54) is 0 Å². The Morgan fingerprint density at radius 3 is 2.10 bits per heavy atom. The Morgan fingerprint density at radius 1 is 1.10 bits per heavy atom. The van der Waals surface area contributed by atoms with E-state index in [-0.39, 0.29) is 6.29 Å². The molecule has 0 aliphatic carbocycles. The molecule has 1 heterocycles. The molecule has 0 aromatic rings. The van der Waals surface area contributed by atoms with Crippen molar-refractivity contribution in [3.63, 3.8) is 0 Å². The number of aldehydes is 1. The van der Waals surface area contributed by atoms with Crippen molar-refractivity contribution < 1.29 is 50.4 Å². The second-order valence-electron chi connectivity index (χ2n) is 4.97. The van der Waals surface area contributed by atoms with Gasteiger partial charge in [0.1, 0.15) is 48.3 Å². The van der Waals surface area contributed by atoms with Crippen LogP contribution in [0, 0.1) is 0 Å². The first-order valence-electron chi connectivity index (χ1n) is 6.19. The van der Waals surface area contributed by atoms with Gasteiger partial charge in [-0.1, -0.05) is 0 Å². The van der Waals surface area contributed by atoms with Crippen LogP contribution >= 0.6 is 0 Å². The minimum atomic E-state index is -2.71. The second-order valence-corrected chi connectivity index (χ2v) is 4.97. The quantitative estimate of drug-likeness (QED) is 0.220. The van der Waals surface area contributed by atoms with Crippen LogP contribution in [0.25, 0.3) is 0 Å². The van der Waals surface area contributed by atoms with Crippen LogP contribution in [0.5, 0.6) is 0 Å². The van der Waals surface area contributed by atoms with Gasteiger partial charge in [-0.2, -0.15) is 0 Å². The van der Waals surface area contributed by atoms with Crippen LogP contribution in [0.1, 0.15) is 0 Å². The zero-order valence-electron chi connectivity index (χ0n) is 10.9. The first-order valence-corrected chi connectivity index (χ1v) is 6.19. The molecule has 10 heteroatoms. The smallest absolute Gasteiger partial charge is 0.151 e. The van der Waals surface area contributed by atoms with Gasteiger partial charge in [0, 0.05) is 0 Å². The first kappa shape index (κ1) is 18.4. The zero-order chi connectivity index (χ0) is 16.4. The predicted octanol–water partition coefficient (Wildman–Crippen LogP) is -5.53. The summed E-state index contributed by atoms with van der Waals surface area (Å²) >= 11 is 0. The number of carbonyl (C=O) groups is 1. The van der Waals surface area contributed by atoms with Gasteiger partial charge in [0.25, 0.3) is 0 Å². The lowest BCUT2D eigenvalue weighted by atomic mass is 9.80. The van der Waals surface area contributed by atoms with Crippen molar-refractivity contribution in [3.05, 3.63) is 0 Å². The van der Waals surface area contributed by atoms with Crippen LogP contribution in [-0.4, -0.2) is 109 Å². The van der Waals surface area contributed by atoms with Crippen LogP contribution in [0.4, 0.5) is 0 Å². The van der Waals surface area contributed by atoms with Crippen molar-refractivity contribution >= 4 is 6.29 Å². The molecule has 21 heavy (non-hydrogen) atoms. The first-order chi connectivity index (χ1) is 9.74. The van der Waals surface area contributed by atoms with Crippen molar-refractivity contribution in [2.24, 2.45) is 0 Å². The normalized spacial score (nSPS) is 39.3. The van der Waals surface area contributed by atoms with E-state index in [4.69, 9.17) is 9.84 Å². The molecule has 1 aliphatic rings. The summed E-state index contributed by atoms with van der Waals surface area (Å²) in [6.07, 6.45) is -13.2. The standard InChI is InChI=1S/C11H20O10/c12-1-4(15)9(19)11(20,3-14)10-8(18)7(17)6(16)5(2-13)21-10/h1,4-10,13-20H,2-3H2/t4-,5+,6-,7-,8+,9+,10?,11+/m0/s1. The SMILES string of the molecule is O=C[C@H](O)[C@@H](O)[C@](O)(CO)C1O[C@H](CO)[C@H](O)[C@H](O)[C@H]1O. The number of aliphatic hydroxyl groups excluding tert-OH is 7. The molecule has 8 atom stereocenters. The second kappa shape index (κ2) is 7.05. The summed E-state index contributed by atoms with van der Waals surface area (Å²) in [4.78, 5) is 10.5. The number of hydrogen-bond acceptors (Lipinski definition) is 10. The average Bonchev–Trinajstić information content (AvgIpc) is 2.50. The third-order valence-corrected chi connectivity index (χ3v) is 3.61. The highest BCUT2D eigenvalue weighted by Gasteiger charge is 2.56. The largest absolute Gasteiger partial charge is 0.394 e. The minimum Gasteiger partial charge on any atom is -0.394 e. The van der Waals surface area contributed by atoms with E-state index >= 15 is 0 Å². The number of aliphatic hydroxyl groups is 8. The maximum absolute atomic E-state index is 10.5. The van der Waals surface area contributed by atoms with Crippen LogP contribution in [0.2, 0.25) is 0 Å². The van der Waals surface area contributed by atoms with Crippen LogP contribution in [-0.2, 0) is 9.53 Å². The third kappa shape index (κ3) is 3.23. The Hall–Kier alpha value is -0.690. The maximum Gasteiger partial charge on any atom is 0.151 e. The molecule has 0 saturated carbocycles. The van der Waals surface area contributed by atoms with Gasteiger partial charge in [-0.25, -0.2) is 0 Å². The van der Waals surface area contributed by atoms with Crippen LogP contribution in [0.3, 0.4) is 0 Å². The molecule has 0 bridgehead atoms. The molecule has 1 saturated heterocycles. The molecule has 0 radical (unpaired) electrons. The van der Waals surface area contributed by atoms with Crippen molar-refractivity contribution in [2.75, 3.05) is 13.2 Å². The topological polar surface area (TPSA) is 188 Å². The maximum atomic E-state index is 10.5. The summed E-state index contributed by atoms with van der Waals surface area (Å²) in [6.45, 7) is -2.02. The molecule has 0 spiro atoms. The van der Waals surface area contributed by atoms with E-state index in [1.807, 2.05) is 0 Å². The Bertz CT molecular complexity index is 350. The summed E-state index contributed by atoms with van der Waals surface area (Å²) in [7, 11) is 0. The van der Waals surface area contributed by atoms with Gasteiger partial charge in [0.05, 0.1) is 13.2 Å². The lowest BCUT2D eigenvalue weighted by Crippen LogP contribution is -2.70. The Kier molecular flexibility index (Phi) is 6.16. The number of rotatable bonds is 6. The van der Waals surface area contributed by atoms with Gasteiger partial charge in [-0.15, -0.1) is 0 Å². The summed E-state index contributed by atoms with van der Waals surface area (Å²) in [6, 6.07) is 0. The molecule has 0 aromatic heterocycles. The lowest BCUT2D eigenvalue weighted by Gasteiger charge is -2.47. The number of ether oxygens (including phenoxy) is 1. The fourth-order valence-corrected chi connectivity index (χ4v) is 2.24. The Morgan fingerprint density at radius 2 is 1.67 bits per heavy atom. The van der Waals surface area contributed by atoms with Crippen LogP contribution < -0.4 is 0 Å². The highest BCUT2D eigenvalue weighted by atomic mass is 16.6. The molecule has 0 aromatic carbocycles. The van der Waals surface area contributed by atoms with E-state index in [0.29, 0.717) is 0 Å². The van der Waals surface area contributed by atoms with Gasteiger partial charge in [-0.05, 0) is 0 Å². The molecular weight excluding hydrogens is 292 g/mol. The van der Waals surface area contributed by atoms with E-state index in [0.717, 1.165) is 0 Å². The lowest BCUT2D eigenvalue weighted by molar-refractivity contribution is -0.295. The average molecular weight is 312 g/mol. The van der Waals surface area contributed by atoms with E-state index in [9.17, 15) is 40.5 Å². The highest BCUT2D eigenvalue weighted by Crippen LogP contribution is 2.31. The molecule has 1 unspecified atom stereocenters. The molecule has 1 rings (SSSR count). The van der Waals surface area contributed by atoms with Gasteiger partial charge in [-0.3, -0.25) is 0 Å². The molecule has 1 fully saturated rings. The predicted molar refractivity (Wildman–Crippen MR) is 63.9 cm³/mol. The monoisotopic (exact) mass is 312 g/mol. The van der Waals surface area contributed by atoms with Gasteiger partial charge in [0.15, 0.2) is 6.29 Å². The fourth-order valence-electron chi connectivity index (χ4n) is 2.24. The van der Waals surface area contributed by atoms with E-state index in [1.54, 1.807) is 0 Å². The Balaban J connectivity index is 3.10. The van der Waals surface area contributed by atoms with Gasteiger partial charge >= 0.3 is 0 Å². The summed E-state index contributed by atoms with van der Waals surface area (Å²) in [5.41, 5.74) is -2.71. The van der Waals surface area contributed by atoms with Crippen molar-refractivity contribution in [1.29, 1.82) is 0 Å².